The van der Waals surface area contributed by atoms with Gasteiger partial charge in [-0.2, -0.15) is 0 Å². The summed E-state index contributed by atoms with van der Waals surface area (Å²) in [6, 6.07) is 1.16. The minimum Gasteiger partial charge on any atom is -0.392 e. The Hall–Kier alpha value is -2.26. The maximum atomic E-state index is 11.3. The zero-order valence-electron chi connectivity index (χ0n) is 11.4. The second-order valence-electron chi connectivity index (χ2n) is 4.94. The monoisotopic (exact) mass is 297 g/mol. The van der Waals surface area contributed by atoms with Crippen LogP contribution in [-0.2, 0) is 6.61 Å². The third-order valence-electron chi connectivity index (χ3n) is 3.64. The summed E-state index contributed by atoms with van der Waals surface area (Å²) < 4.78 is 0. The number of benzene rings is 1. The van der Waals surface area contributed by atoms with Crippen molar-refractivity contribution in [1.82, 2.24) is 0 Å². The van der Waals surface area contributed by atoms with E-state index in [9.17, 15) is 30.4 Å². The second kappa shape index (κ2) is 5.62. The van der Waals surface area contributed by atoms with E-state index < -0.39 is 28.2 Å². The quantitative estimate of drug-likeness (QED) is 0.623. The number of nitro groups is 2. The first-order chi connectivity index (χ1) is 9.86. The molecule has 1 aromatic carbocycles. The zero-order valence-corrected chi connectivity index (χ0v) is 11.4. The fourth-order valence-electron chi connectivity index (χ4n) is 2.58. The Labute approximate surface area is 119 Å². The second-order valence-corrected chi connectivity index (χ2v) is 4.94. The van der Waals surface area contributed by atoms with Crippen LogP contribution in [0.3, 0.4) is 0 Å². The Morgan fingerprint density at radius 3 is 2.48 bits per heavy atom. The van der Waals surface area contributed by atoms with Crippen LogP contribution in [0.15, 0.2) is 6.07 Å². The van der Waals surface area contributed by atoms with E-state index in [1.165, 1.54) is 11.8 Å². The highest BCUT2D eigenvalue weighted by molar-refractivity contribution is 5.79. The van der Waals surface area contributed by atoms with Gasteiger partial charge in [-0.3, -0.25) is 20.2 Å². The van der Waals surface area contributed by atoms with Gasteiger partial charge in [0.25, 0.3) is 5.69 Å². The van der Waals surface area contributed by atoms with Gasteiger partial charge in [0.1, 0.15) is 0 Å². The van der Waals surface area contributed by atoms with Gasteiger partial charge in [-0.1, -0.05) is 0 Å². The molecule has 1 aliphatic heterocycles. The van der Waals surface area contributed by atoms with Gasteiger partial charge in [0.2, 0.25) is 0 Å². The van der Waals surface area contributed by atoms with Gasteiger partial charge in [-0.25, -0.2) is 0 Å². The molecule has 1 aromatic rings. The Balaban J connectivity index is 2.72. The van der Waals surface area contributed by atoms with Crippen LogP contribution in [0.2, 0.25) is 0 Å². The van der Waals surface area contributed by atoms with Gasteiger partial charge < -0.3 is 15.1 Å². The standard InChI is InChI=1S/C12H15N3O6/c1-7-8(6-16)4-10(14(18)19)12(11(7)15(20)21)13-3-2-9(17)5-13/h4,9,16-17H,2-3,5-6H2,1H3/t9-/m0/s1. The molecule has 2 rings (SSSR count). The predicted molar refractivity (Wildman–Crippen MR) is 73.2 cm³/mol. The average Bonchev–Trinajstić information content (AvgIpc) is 2.83. The van der Waals surface area contributed by atoms with Gasteiger partial charge in [-0.05, 0) is 18.9 Å². The summed E-state index contributed by atoms with van der Waals surface area (Å²) in [6.45, 7) is 1.35. The number of nitro benzene ring substituents is 2. The Bertz CT molecular complexity index is 603. The lowest BCUT2D eigenvalue weighted by atomic mass is 10.0. The van der Waals surface area contributed by atoms with Crippen molar-refractivity contribution in [2.45, 2.75) is 26.1 Å². The van der Waals surface area contributed by atoms with Crippen LogP contribution in [0.1, 0.15) is 17.5 Å². The minimum atomic E-state index is -0.703. The molecule has 1 heterocycles. The number of anilines is 1. The molecular weight excluding hydrogens is 282 g/mol. The summed E-state index contributed by atoms with van der Waals surface area (Å²) in [5.41, 5.74) is -0.564. The van der Waals surface area contributed by atoms with E-state index in [2.05, 4.69) is 0 Å². The SMILES string of the molecule is Cc1c(CO)cc([N+](=O)[O-])c(N2CC[C@H](O)C2)c1[N+](=O)[O-]. The molecule has 1 saturated heterocycles. The normalized spacial score (nSPS) is 18.0. The molecule has 0 radical (unpaired) electrons. The van der Waals surface area contributed by atoms with E-state index in [0.717, 1.165) is 6.07 Å². The molecule has 9 nitrogen and oxygen atoms in total. The van der Waals surface area contributed by atoms with Crippen LogP contribution in [0.4, 0.5) is 17.1 Å². The summed E-state index contributed by atoms with van der Waals surface area (Å²) in [4.78, 5) is 22.6. The van der Waals surface area contributed by atoms with Crippen LogP contribution in [0.25, 0.3) is 0 Å². The molecule has 0 unspecified atom stereocenters. The van der Waals surface area contributed by atoms with Gasteiger partial charge in [0.05, 0.1) is 22.6 Å². The first kappa shape index (κ1) is 15.1. The molecule has 114 valence electrons. The molecule has 0 spiro atoms. The third kappa shape index (κ3) is 2.65. The van der Waals surface area contributed by atoms with Gasteiger partial charge in [0.15, 0.2) is 5.69 Å². The Kier molecular flexibility index (Phi) is 4.05. The number of aliphatic hydroxyl groups is 2. The molecule has 1 fully saturated rings. The molecule has 2 N–H and O–H groups in total. The van der Waals surface area contributed by atoms with E-state index in [1.807, 2.05) is 0 Å². The van der Waals surface area contributed by atoms with Crippen molar-refractivity contribution in [3.8, 4) is 0 Å². The van der Waals surface area contributed by atoms with Crippen LogP contribution < -0.4 is 4.90 Å². The lowest BCUT2D eigenvalue weighted by Gasteiger charge is -2.19. The minimum absolute atomic E-state index is 0.101. The molecular formula is C12H15N3O6. The zero-order chi connectivity index (χ0) is 15.7. The number of hydrogen-bond donors (Lipinski definition) is 2. The summed E-state index contributed by atoms with van der Waals surface area (Å²) in [5.74, 6) is 0. The van der Waals surface area contributed by atoms with E-state index in [1.54, 1.807) is 0 Å². The lowest BCUT2D eigenvalue weighted by Crippen LogP contribution is -2.24. The van der Waals surface area contributed by atoms with Crippen molar-refractivity contribution in [1.29, 1.82) is 0 Å². The fourth-order valence-corrected chi connectivity index (χ4v) is 2.58. The molecule has 0 aliphatic carbocycles. The molecule has 0 bridgehead atoms. The van der Waals surface area contributed by atoms with Gasteiger partial charge in [0, 0.05) is 24.7 Å². The number of hydrogen-bond acceptors (Lipinski definition) is 7. The molecule has 1 atom stereocenters. The van der Waals surface area contributed by atoms with Crippen molar-refractivity contribution in [2.24, 2.45) is 0 Å². The van der Waals surface area contributed by atoms with Gasteiger partial charge >= 0.3 is 5.69 Å². The highest BCUT2D eigenvalue weighted by Gasteiger charge is 2.36. The largest absolute Gasteiger partial charge is 0.392 e. The summed E-state index contributed by atoms with van der Waals surface area (Å²) >= 11 is 0. The average molecular weight is 297 g/mol. The summed E-state index contributed by atoms with van der Waals surface area (Å²) in [5, 5.41) is 41.4. The lowest BCUT2D eigenvalue weighted by molar-refractivity contribution is -0.393. The van der Waals surface area contributed by atoms with Gasteiger partial charge in [-0.15, -0.1) is 0 Å². The van der Waals surface area contributed by atoms with Crippen molar-refractivity contribution in [2.75, 3.05) is 18.0 Å². The van der Waals surface area contributed by atoms with E-state index in [0.29, 0.717) is 13.0 Å². The van der Waals surface area contributed by atoms with E-state index >= 15 is 0 Å². The van der Waals surface area contributed by atoms with Crippen molar-refractivity contribution < 1.29 is 20.1 Å². The first-order valence-corrected chi connectivity index (χ1v) is 6.36. The first-order valence-electron chi connectivity index (χ1n) is 6.36. The van der Waals surface area contributed by atoms with Crippen LogP contribution in [0, 0.1) is 27.2 Å². The predicted octanol–water partition coefficient (Wildman–Crippen LogP) is 0.875. The Morgan fingerprint density at radius 1 is 1.38 bits per heavy atom. The fraction of sp³-hybridized carbons (Fsp3) is 0.500. The summed E-state index contributed by atoms with van der Waals surface area (Å²) in [6.07, 6.45) is -0.267. The van der Waals surface area contributed by atoms with Crippen LogP contribution in [0.5, 0.6) is 0 Å². The molecule has 0 saturated carbocycles. The number of rotatable bonds is 4. The molecule has 1 aliphatic rings. The molecule has 0 aromatic heterocycles. The molecule has 9 heteroatoms. The number of β-amino-alcohol motifs (C(OH)–C–C–N with tert-alkyl or cyclic N) is 1. The maximum absolute atomic E-state index is 11.3. The van der Waals surface area contributed by atoms with Crippen LogP contribution in [-0.4, -0.2) is 39.3 Å². The highest BCUT2D eigenvalue weighted by atomic mass is 16.6. The van der Waals surface area contributed by atoms with E-state index in [-0.39, 0.29) is 29.0 Å². The van der Waals surface area contributed by atoms with E-state index in [4.69, 9.17) is 0 Å². The van der Waals surface area contributed by atoms with Crippen molar-refractivity contribution in [3.63, 3.8) is 0 Å². The number of aliphatic hydroxyl groups excluding tert-OH is 2. The molecule has 21 heavy (non-hydrogen) atoms. The summed E-state index contributed by atoms with van der Waals surface area (Å²) in [7, 11) is 0. The topological polar surface area (TPSA) is 130 Å². The maximum Gasteiger partial charge on any atom is 0.302 e. The number of nitrogens with zero attached hydrogens (tertiary/aromatic N) is 3. The van der Waals surface area contributed by atoms with Crippen molar-refractivity contribution in [3.05, 3.63) is 37.4 Å². The third-order valence-corrected chi connectivity index (χ3v) is 3.64. The van der Waals surface area contributed by atoms with Crippen molar-refractivity contribution >= 4 is 17.1 Å². The Morgan fingerprint density at radius 2 is 2.05 bits per heavy atom. The van der Waals surface area contributed by atoms with Crippen LogP contribution >= 0.6 is 0 Å². The molecule has 0 amide bonds. The smallest absolute Gasteiger partial charge is 0.302 e. The highest BCUT2D eigenvalue weighted by Crippen LogP contribution is 2.42.